The van der Waals surface area contributed by atoms with Gasteiger partial charge in [0.1, 0.15) is 52.2 Å². The summed E-state index contributed by atoms with van der Waals surface area (Å²) in [7, 11) is -3.12. The number of pyridine rings is 1. The highest BCUT2D eigenvalue weighted by Crippen LogP contribution is 2.48. The normalized spacial score (nSPS) is 21.5. The van der Waals surface area contributed by atoms with E-state index in [4.69, 9.17) is 23.7 Å². The standard InChI is InChI=1S/C47H57N7O11S/c1-11-29-24-47(29,42(58)53-66(60,61)46(19-20-46)41(57)49-37-26(2)52-65-27(37)3)51-39(55)35-22-31(25-54(35)40(56)38(44(4,5)6)50-43(59)64-45(7,8)9)63-36-23-33(28-15-13-12-14-16-28)48-34-21-30(62-10)17-18-32(34)36/h11-18,21,23,29,31,35,38H,1,19-20,22,24-25H2,2-10H3,(H,49,57)(H,50,59)(H,51,55)(H,53,58)/t29?,31-,35+,38-,47?/m1/s1. The minimum absolute atomic E-state index is 0.0119. The van der Waals surface area contributed by atoms with Gasteiger partial charge in [0, 0.05) is 35.4 Å². The minimum atomic E-state index is -4.67. The lowest BCUT2D eigenvalue weighted by atomic mass is 9.85. The lowest BCUT2D eigenvalue weighted by Crippen LogP contribution is -2.60. The van der Waals surface area contributed by atoms with Crippen molar-refractivity contribution < 1.29 is 51.1 Å². The van der Waals surface area contributed by atoms with Crippen molar-refractivity contribution in [3.63, 3.8) is 0 Å². The number of likely N-dealkylation sites (tertiary alicyclic amines) is 1. The molecule has 0 bridgehead atoms. The lowest BCUT2D eigenvalue weighted by Gasteiger charge is -2.36. The van der Waals surface area contributed by atoms with Gasteiger partial charge in [0.15, 0.2) is 10.5 Å². The fourth-order valence-electron chi connectivity index (χ4n) is 8.22. The van der Waals surface area contributed by atoms with Gasteiger partial charge in [-0.3, -0.25) is 23.9 Å². The number of rotatable bonds is 14. The number of carbonyl (C=O) groups is 5. The molecule has 2 saturated carbocycles. The van der Waals surface area contributed by atoms with E-state index in [2.05, 4.69) is 32.4 Å². The maximum Gasteiger partial charge on any atom is 0.408 e. The number of benzene rings is 2. The Morgan fingerprint density at radius 1 is 0.985 bits per heavy atom. The predicted molar refractivity (Wildman–Crippen MR) is 244 cm³/mol. The number of hydrogen-bond acceptors (Lipinski definition) is 13. The number of anilines is 1. The van der Waals surface area contributed by atoms with E-state index in [1.165, 1.54) is 11.0 Å². The van der Waals surface area contributed by atoms with Crippen LogP contribution in [0.5, 0.6) is 11.5 Å². The number of ether oxygens (including phenoxy) is 3. The molecule has 1 aliphatic heterocycles. The molecule has 2 unspecified atom stereocenters. The van der Waals surface area contributed by atoms with E-state index in [-0.39, 0.29) is 43.7 Å². The number of fused-ring (bicyclic) bond motifs is 1. The van der Waals surface area contributed by atoms with Crippen LogP contribution in [0.25, 0.3) is 22.2 Å². The topological polar surface area (TPSA) is 237 Å². The third kappa shape index (κ3) is 9.43. The molecule has 66 heavy (non-hydrogen) atoms. The Labute approximate surface area is 383 Å². The predicted octanol–water partition coefficient (Wildman–Crippen LogP) is 5.48. The summed E-state index contributed by atoms with van der Waals surface area (Å²) < 4.78 is 50.8. The summed E-state index contributed by atoms with van der Waals surface area (Å²) in [6, 6.07) is 14.1. The van der Waals surface area contributed by atoms with Crippen LogP contribution in [0.2, 0.25) is 0 Å². The zero-order valence-electron chi connectivity index (χ0n) is 38.6. The SMILES string of the molecule is C=CC1CC1(NC(=O)[C@@H]1C[C@@H](Oc2cc(-c3ccccc3)nc3cc(OC)ccc23)CN1C(=O)[C@@H](NC(=O)OC(C)(C)C)C(C)(C)C)C(=O)NS(=O)(=O)C1(C(=O)Nc2c(C)noc2C)CC1. The first-order valence-electron chi connectivity index (χ1n) is 21.7. The van der Waals surface area contributed by atoms with Crippen LogP contribution in [0.4, 0.5) is 10.5 Å². The molecule has 0 spiro atoms. The van der Waals surface area contributed by atoms with E-state index in [0.717, 1.165) is 5.56 Å². The Morgan fingerprint density at radius 2 is 1.68 bits per heavy atom. The van der Waals surface area contributed by atoms with E-state index in [9.17, 15) is 32.4 Å². The van der Waals surface area contributed by atoms with Gasteiger partial charge in [-0.25, -0.2) is 18.2 Å². The van der Waals surface area contributed by atoms with Crippen molar-refractivity contribution >= 4 is 56.3 Å². The molecule has 18 nitrogen and oxygen atoms in total. The maximum atomic E-state index is 14.9. The molecule has 3 fully saturated rings. The van der Waals surface area contributed by atoms with E-state index >= 15 is 0 Å². The third-order valence-electron chi connectivity index (χ3n) is 12.1. The fraction of sp³-hybridized carbons (Fsp3) is 0.468. The van der Waals surface area contributed by atoms with Gasteiger partial charge in [0.25, 0.3) is 5.91 Å². The van der Waals surface area contributed by atoms with Crippen molar-refractivity contribution in [3.05, 3.63) is 78.7 Å². The van der Waals surface area contributed by atoms with Crippen LogP contribution in [0.1, 0.15) is 78.7 Å². The molecule has 352 valence electrons. The van der Waals surface area contributed by atoms with E-state index in [0.29, 0.717) is 33.8 Å². The number of sulfonamides is 1. The first kappa shape index (κ1) is 47.5. The number of alkyl carbamates (subject to hydrolysis) is 1. The highest BCUT2D eigenvalue weighted by atomic mass is 32.2. The summed E-state index contributed by atoms with van der Waals surface area (Å²) in [4.78, 5) is 76.7. The molecule has 4 aromatic rings. The summed E-state index contributed by atoms with van der Waals surface area (Å²) in [5, 5.41) is 12.5. The summed E-state index contributed by atoms with van der Waals surface area (Å²) in [6.45, 7) is 17.2. The first-order valence-corrected chi connectivity index (χ1v) is 23.2. The summed E-state index contributed by atoms with van der Waals surface area (Å²) in [5.41, 5.74) is -1.01. The van der Waals surface area contributed by atoms with E-state index in [1.54, 1.807) is 86.8 Å². The van der Waals surface area contributed by atoms with Crippen LogP contribution in [0, 0.1) is 25.2 Å². The highest BCUT2D eigenvalue weighted by molar-refractivity contribution is 7.92. The molecule has 2 aromatic heterocycles. The lowest BCUT2D eigenvalue weighted by molar-refractivity contribution is -0.143. The van der Waals surface area contributed by atoms with Crippen molar-refractivity contribution in [2.75, 3.05) is 19.0 Å². The number of nitrogens with zero attached hydrogens (tertiary/aromatic N) is 3. The van der Waals surface area contributed by atoms with Gasteiger partial charge in [-0.1, -0.05) is 62.3 Å². The van der Waals surface area contributed by atoms with Crippen LogP contribution in [0.3, 0.4) is 0 Å². The Balaban J connectivity index is 1.19. The molecule has 2 aromatic carbocycles. The summed E-state index contributed by atoms with van der Waals surface area (Å²) in [5.74, 6) is -2.75. The molecule has 19 heteroatoms. The van der Waals surface area contributed by atoms with Crippen LogP contribution in [-0.2, 0) is 33.9 Å². The van der Waals surface area contributed by atoms with Gasteiger partial charge < -0.3 is 39.6 Å². The summed E-state index contributed by atoms with van der Waals surface area (Å²) >= 11 is 0. The number of carbonyl (C=O) groups excluding carboxylic acids is 5. The van der Waals surface area contributed by atoms with E-state index in [1.807, 2.05) is 30.3 Å². The first-order chi connectivity index (χ1) is 30.9. The summed E-state index contributed by atoms with van der Waals surface area (Å²) in [6.07, 6.45) is -0.420. The average Bonchev–Trinajstić information content (AvgIpc) is 4.14. The quantitative estimate of drug-likeness (QED) is 0.115. The minimum Gasteiger partial charge on any atom is -0.497 e. The second-order valence-electron chi connectivity index (χ2n) is 19.3. The largest absolute Gasteiger partial charge is 0.497 e. The van der Waals surface area contributed by atoms with Gasteiger partial charge in [0.05, 0.1) is 24.9 Å². The van der Waals surface area contributed by atoms with Gasteiger partial charge in [-0.15, -0.1) is 6.58 Å². The highest BCUT2D eigenvalue weighted by Gasteiger charge is 2.66. The van der Waals surface area contributed by atoms with Crippen molar-refractivity contribution in [2.45, 2.75) is 115 Å². The van der Waals surface area contributed by atoms with Crippen molar-refractivity contribution in [1.82, 2.24) is 30.4 Å². The van der Waals surface area contributed by atoms with Crippen molar-refractivity contribution in [1.29, 1.82) is 0 Å². The number of methoxy groups -OCH3 is 1. The number of aryl methyl sites for hydroxylation is 2. The Morgan fingerprint density at radius 3 is 2.26 bits per heavy atom. The number of aromatic nitrogens is 2. The fourth-order valence-corrected chi connectivity index (χ4v) is 9.78. The molecule has 4 N–H and O–H groups in total. The zero-order valence-corrected chi connectivity index (χ0v) is 39.4. The number of nitrogens with one attached hydrogen (secondary N) is 4. The Kier molecular flexibility index (Phi) is 12.5. The van der Waals surface area contributed by atoms with Gasteiger partial charge in [-0.2, -0.15) is 0 Å². The van der Waals surface area contributed by atoms with Crippen LogP contribution in [0.15, 0.2) is 71.8 Å². The molecule has 5 atom stereocenters. The molecule has 1 saturated heterocycles. The molecular weight excluding hydrogens is 871 g/mol. The molecule has 3 aliphatic rings. The molecule has 7 rings (SSSR count). The molecule has 0 radical (unpaired) electrons. The van der Waals surface area contributed by atoms with Gasteiger partial charge in [-0.05, 0) is 71.4 Å². The molecular formula is C47H57N7O11S. The second kappa shape index (κ2) is 17.4. The van der Waals surface area contributed by atoms with Crippen LogP contribution < -0.4 is 30.1 Å². The van der Waals surface area contributed by atoms with Crippen molar-refractivity contribution in [3.8, 4) is 22.8 Å². The zero-order chi connectivity index (χ0) is 48.1. The van der Waals surface area contributed by atoms with Crippen LogP contribution in [-0.4, -0.2) is 101 Å². The number of amides is 5. The van der Waals surface area contributed by atoms with Gasteiger partial charge >= 0.3 is 6.09 Å². The smallest absolute Gasteiger partial charge is 0.408 e. The van der Waals surface area contributed by atoms with Crippen molar-refractivity contribution in [2.24, 2.45) is 11.3 Å². The Bertz CT molecular complexity index is 2680. The second-order valence-corrected chi connectivity index (χ2v) is 21.3. The number of hydrogen-bond donors (Lipinski definition) is 4. The third-order valence-corrected chi connectivity index (χ3v) is 14.2. The van der Waals surface area contributed by atoms with E-state index < -0.39 is 85.2 Å². The Hall–Kier alpha value is -6.50. The monoisotopic (exact) mass is 927 g/mol. The maximum absolute atomic E-state index is 14.9. The molecule has 2 aliphatic carbocycles. The van der Waals surface area contributed by atoms with Crippen LogP contribution >= 0.6 is 0 Å². The average molecular weight is 928 g/mol. The molecule has 5 amide bonds. The van der Waals surface area contributed by atoms with Gasteiger partial charge in [0.2, 0.25) is 27.7 Å². The molecule has 3 heterocycles.